The molecule has 1 N–H and O–H groups in total. The van der Waals surface area contributed by atoms with E-state index in [0.717, 1.165) is 26.2 Å². The summed E-state index contributed by atoms with van der Waals surface area (Å²) in [5.41, 5.74) is 1.57. The zero-order valence-electron chi connectivity index (χ0n) is 13.1. The van der Waals surface area contributed by atoms with Crippen LogP contribution in [0, 0.1) is 0 Å². The highest BCUT2D eigenvalue weighted by molar-refractivity contribution is 5.02. The van der Waals surface area contributed by atoms with Gasteiger partial charge in [-0.25, -0.2) is 4.98 Å². The zero-order valence-corrected chi connectivity index (χ0v) is 13.1. The highest BCUT2D eigenvalue weighted by Gasteiger charge is 2.36. The largest absolute Gasteiger partial charge is 0.383 e. The van der Waals surface area contributed by atoms with Gasteiger partial charge >= 0.3 is 0 Å². The van der Waals surface area contributed by atoms with Gasteiger partial charge in [0, 0.05) is 38.5 Å². The van der Waals surface area contributed by atoms with Gasteiger partial charge in [-0.15, -0.1) is 0 Å². The predicted octanol–water partition coefficient (Wildman–Crippen LogP) is 1.49. The second-order valence-corrected chi connectivity index (χ2v) is 6.01. The molecule has 0 aromatic carbocycles. The molecule has 1 fully saturated rings. The van der Waals surface area contributed by atoms with E-state index in [4.69, 9.17) is 4.74 Å². The van der Waals surface area contributed by atoms with Gasteiger partial charge in [0.1, 0.15) is 0 Å². The molecule has 0 spiro atoms. The fraction of sp³-hybridized carbons (Fsp3) is 0.800. The van der Waals surface area contributed by atoms with Crippen molar-refractivity contribution in [3.05, 3.63) is 18.2 Å². The summed E-state index contributed by atoms with van der Waals surface area (Å²) in [4.78, 5) is 6.73. The Morgan fingerprint density at radius 1 is 1.40 bits per heavy atom. The van der Waals surface area contributed by atoms with Crippen LogP contribution in [-0.2, 0) is 17.8 Å². The summed E-state index contributed by atoms with van der Waals surface area (Å²) in [5.74, 6) is 0. The van der Waals surface area contributed by atoms with Gasteiger partial charge in [-0.3, -0.25) is 0 Å². The first-order valence-electron chi connectivity index (χ1n) is 7.54. The minimum absolute atomic E-state index is 0.308. The van der Waals surface area contributed by atoms with Crippen LogP contribution in [0.15, 0.2) is 12.5 Å². The predicted molar refractivity (Wildman–Crippen MR) is 80.7 cm³/mol. The van der Waals surface area contributed by atoms with Crippen LogP contribution in [0.5, 0.6) is 0 Å². The SMILES string of the molecule is COCCNCc1cncn1CC1(N(C)C)CCCC1. The number of hydrogen-bond donors (Lipinski definition) is 1. The van der Waals surface area contributed by atoms with Crippen LogP contribution in [-0.4, -0.2) is 54.3 Å². The summed E-state index contributed by atoms with van der Waals surface area (Å²) in [6.07, 6.45) is 9.20. The molecule has 114 valence electrons. The lowest BCUT2D eigenvalue weighted by Gasteiger charge is -2.37. The van der Waals surface area contributed by atoms with Gasteiger partial charge in [0.25, 0.3) is 0 Å². The van der Waals surface area contributed by atoms with Gasteiger partial charge in [-0.1, -0.05) is 12.8 Å². The molecule has 0 bridgehead atoms. The Hall–Kier alpha value is -0.910. The Bertz CT molecular complexity index is 396. The van der Waals surface area contributed by atoms with Gasteiger partial charge in [-0.05, 0) is 26.9 Å². The quantitative estimate of drug-likeness (QED) is 0.733. The molecule has 1 saturated carbocycles. The third-order valence-corrected chi connectivity index (χ3v) is 4.54. The average molecular weight is 280 g/mol. The third-order valence-electron chi connectivity index (χ3n) is 4.54. The Morgan fingerprint density at radius 3 is 2.80 bits per heavy atom. The molecule has 0 aliphatic heterocycles. The molecule has 20 heavy (non-hydrogen) atoms. The highest BCUT2D eigenvalue weighted by Crippen LogP contribution is 2.35. The molecule has 5 heteroatoms. The van der Waals surface area contributed by atoms with E-state index < -0.39 is 0 Å². The van der Waals surface area contributed by atoms with E-state index in [1.54, 1.807) is 7.11 Å². The lowest BCUT2D eigenvalue weighted by molar-refractivity contribution is 0.132. The van der Waals surface area contributed by atoms with Crippen LogP contribution < -0.4 is 5.32 Å². The maximum Gasteiger partial charge on any atom is 0.0949 e. The van der Waals surface area contributed by atoms with Crippen molar-refractivity contribution in [2.45, 2.75) is 44.3 Å². The topological polar surface area (TPSA) is 42.3 Å². The maximum absolute atomic E-state index is 5.06. The van der Waals surface area contributed by atoms with Gasteiger partial charge in [0.2, 0.25) is 0 Å². The number of methoxy groups -OCH3 is 1. The normalized spacial score (nSPS) is 18.0. The Balaban J connectivity index is 1.97. The molecule has 0 amide bonds. The molecule has 0 radical (unpaired) electrons. The van der Waals surface area contributed by atoms with Crippen LogP contribution in [0.2, 0.25) is 0 Å². The van der Waals surface area contributed by atoms with E-state index in [0.29, 0.717) is 5.54 Å². The molecule has 0 atom stereocenters. The van der Waals surface area contributed by atoms with Gasteiger partial charge in [0.15, 0.2) is 0 Å². The van der Waals surface area contributed by atoms with E-state index in [-0.39, 0.29) is 0 Å². The molecule has 1 aromatic heterocycles. The minimum Gasteiger partial charge on any atom is -0.383 e. The summed E-state index contributed by atoms with van der Waals surface area (Å²) in [6, 6.07) is 0. The van der Waals surface area contributed by atoms with Crippen molar-refractivity contribution in [1.82, 2.24) is 19.8 Å². The number of hydrogen-bond acceptors (Lipinski definition) is 4. The maximum atomic E-state index is 5.06. The molecule has 0 saturated heterocycles. The summed E-state index contributed by atoms with van der Waals surface area (Å²) in [6.45, 7) is 3.52. The van der Waals surface area contributed by atoms with E-state index in [1.807, 2.05) is 12.5 Å². The fourth-order valence-electron chi connectivity index (χ4n) is 3.13. The Kier molecular flexibility index (Phi) is 5.57. The molecule has 1 aliphatic rings. The molecule has 2 rings (SSSR count). The van der Waals surface area contributed by atoms with E-state index in [1.165, 1.54) is 31.4 Å². The molecule has 1 aromatic rings. The molecular formula is C15H28N4O. The molecular weight excluding hydrogens is 252 g/mol. The van der Waals surface area contributed by atoms with E-state index in [2.05, 4.69) is 33.9 Å². The summed E-state index contributed by atoms with van der Waals surface area (Å²) in [5, 5.41) is 3.40. The zero-order chi connectivity index (χ0) is 14.4. The first-order chi connectivity index (χ1) is 9.68. The Labute approximate surface area is 122 Å². The highest BCUT2D eigenvalue weighted by atomic mass is 16.5. The molecule has 1 aliphatic carbocycles. The van der Waals surface area contributed by atoms with Crippen LogP contribution in [0.3, 0.4) is 0 Å². The Morgan fingerprint density at radius 2 is 2.15 bits per heavy atom. The van der Waals surface area contributed by atoms with Crippen molar-refractivity contribution < 1.29 is 4.74 Å². The standard InChI is InChI=1S/C15H28N4O/c1-18(2)15(6-4-5-7-15)12-19-13-17-11-14(19)10-16-8-9-20-3/h11,13,16H,4-10,12H2,1-3H3. The lowest BCUT2D eigenvalue weighted by Crippen LogP contribution is -2.45. The third kappa shape index (κ3) is 3.59. The second kappa shape index (κ2) is 7.20. The number of nitrogens with one attached hydrogen (secondary N) is 1. The number of ether oxygens (including phenoxy) is 1. The number of likely N-dealkylation sites (N-methyl/N-ethyl adjacent to an activating group) is 1. The first-order valence-corrected chi connectivity index (χ1v) is 7.54. The second-order valence-electron chi connectivity index (χ2n) is 6.01. The number of nitrogens with zero attached hydrogens (tertiary/aromatic N) is 3. The number of imidazole rings is 1. The number of rotatable bonds is 8. The molecule has 0 unspecified atom stereocenters. The van der Waals surface area contributed by atoms with Gasteiger partial charge in [-0.2, -0.15) is 0 Å². The fourth-order valence-corrected chi connectivity index (χ4v) is 3.13. The molecule has 1 heterocycles. The van der Waals surface area contributed by atoms with Gasteiger partial charge in [0.05, 0.1) is 18.6 Å². The lowest BCUT2D eigenvalue weighted by atomic mass is 9.96. The van der Waals surface area contributed by atoms with Gasteiger partial charge < -0.3 is 19.5 Å². The smallest absolute Gasteiger partial charge is 0.0949 e. The van der Waals surface area contributed by atoms with E-state index >= 15 is 0 Å². The van der Waals surface area contributed by atoms with Crippen molar-refractivity contribution in [2.75, 3.05) is 34.4 Å². The van der Waals surface area contributed by atoms with Crippen molar-refractivity contribution in [1.29, 1.82) is 0 Å². The van der Waals surface area contributed by atoms with Crippen LogP contribution in [0.1, 0.15) is 31.4 Å². The summed E-state index contributed by atoms with van der Waals surface area (Å²) in [7, 11) is 6.14. The van der Waals surface area contributed by atoms with Crippen molar-refractivity contribution in [3.8, 4) is 0 Å². The van der Waals surface area contributed by atoms with E-state index in [9.17, 15) is 0 Å². The summed E-state index contributed by atoms with van der Waals surface area (Å²) >= 11 is 0. The molecule has 5 nitrogen and oxygen atoms in total. The average Bonchev–Trinajstić information content (AvgIpc) is 3.06. The van der Waals surface area contributed by atoms with Crippen LogP contribution >= 0.6 is 0 Å². The van der Waals surface area contributed by atoms with Crippen molar-refractivity contribution in [2.24, 2.45) is 0 Å². The van der Waals surface area contributed by atoms with Crippen LogP contribution in [0.25, 0.3) is 0 Å². The number of aromatic nitrogens is 2. The summed E-state index contributed by atoms with van der Waals surface area (Å²) < 4.78 is 7.37. The van der Waals surface area contributed by atoms with Crippen molar-refractivity contribution >= 4 is 0 Å². The van der Waals surface area contributed by atoms with Crippen molar-refractivity contribution in [3.63, 3.8) is 0 Å². The first kappa shape index (κ1) is 15.5. The minimum atomic E-state index is 0.308. The van der Waals surface area contributed by atoms with Crippen LogP contribution in [0.4, 0.5) is 0 Å². The monoisotopic (exact) mass is 280 g/mol.